The van der Waals surface area contributed by atoms with E-state index in [-0.39, 0.29) is 12.3 Å². The molecule has 0 unspecified atom stereocenters. The van der Waals surface area contributed by atoms with Crippen molar-refractivity contribution in [3.8, 4) is 11.5 Å². The van der Waals surface area contributed by atoms with Gasteiger partial charge in [-0.05, 0) is 22.6 Å². The molecule has 0 radical (unpaired) electrons. The highest BCUT2D eigenvalue weighted by atomic mass is 32.2. The lowest BCUT2D eigenvalue weighted by Gasteiger charge is -2.12. The van der Waals surface area contributed by atoms with Crippen LogP contribution in [0.4, 0.5) is 10.1 Å². The Kier molecular flexibility index (Phi) is 6.37. The van der Waals surface area contributed by atoms with Gasteiger partial charge in [0.25, 0.3) is 5.91 Å². The standard InChI is InChI=1S/C17H17FN6O3S/c1-24-17(21-22-23-24)28-10-11-7-14(15(26-2)8-19-11)27-9-16(25)20-13-6-4-3-5-12(13)18/h3-8H,9-10H2,1-2H3,(H,20,25). The molecule has 9 nitrogen and oxygen atoms in total. The summed E-state index contributed by atoms with van der Waals surface area (Å²) in [7, 11) is 3.22. The Morgan fingerprint density at radius 3 is 2.86 bits per heavy atom. The van der Waals surface area contributed by atoms with E-state index in [1.165, 1.54) is 37.2 Å². The van der Waals surface area contributed by atoms with Gasteiger partial charge in [0, 0.05) is 18.9 Å². The second-order valence-electron chi connectivity index (χ2n) is 5.52. The summed E-state index contributed by atoms with van der Waals surface area (Å²) in [6.45, 7) is -0.311. The fraction of sp³-hybridized carbons (Fsp3) is 0.235. The van der Waals surface area contributed by atoms with Crippen molar-refractivity contribution in [1.82, 2.24) is 25.2 Å². The van der Waals surface area contributed by atoms with E-state index in [0.29, 0.717) is 28.1 Å². The highest BCUT2D eigenvalue weighted by Gasteiger charge is 2.12. The molecule has 28 heavy (non-hydrogen) atoms. The normalized spacial score (nSPS) is 10.5. The van der Waals surface area contributed by atoms with Crippen LogP contribution in [0.1, 0.15) is 5.69 Å². The number of anilines is 1. The van der Waals surface area contributed by atoms with E-state index >= 15 is 0 Å². The van der Waals surface area contributed by atoms with Gasteiger partial charge in [0.2, 0.25) is 5.16 Å². The molecule has 146 valence electrons. The maximum atomic E-state index is 13.6. The first-order chi connectivity index (χ1) is 13.6. The summed E-state index contributed by atoms with van der Waals surface area (Å²) in [4.78, 5) is 16.3. The molecule has 1 amide bonds. The van der Waals surface area contributed by atoms with Crippen LogP contribution >= 0.6 is 11.8 Å². The van der Waals surface area contributed by atoms with Gasteiger partial charge in [0.1, 0.15) is 5.82 Å². The molecule has 0 aliphatic carbocycles. The molecule has 0 bridgehead atoms. The number of thioether (sulfide) groups is 1. The number of carbonyl (C=O) groups excluding carboxylic acids is 1. The molecular weight excluding hydrogens is 387 g/mol. The molecule has 0 saturated carbocycles. The number of methoxy groups -OCH3 is 1. The Labute approximate surface area is 164 Å². The van der Waals surface area contributed by atoms with Crippen LogP contribution in [0.25, 0.3) is 0 Å². The van der Waals surface area contributed by atoms with Crippen molar-refractivity contribution in [3.05, 3.63) is 48.0 Å². The molecule has 1 aromatic carbocycles. The largest absolute Gasteiger partial charge is 0.491 e. The van der Waals surface area contributed by atoms with E-state index < -0.39 is 11.7 Å². The maximum absolute atomic E-state index is 13.6. The molecule has 0 aliphatic heterocycles. The number of hydrogen-bond acceptors (Lipinski definition) is 8. The van der Waals surface area contributed by atoms with Crippen LogP contribution in [0.2, 0.25) is 0 Å². The van der Waals surface area contributed by atoms with Crippen molar-refractivity contribution in [3.63, 3.8) is 0 Å². The van der Waals surface area contributed by atoms with Gasteiger partial charge in [-0.3, -0.25) is 9.78 Å². The topological polar surface area (TPSA) is 104 Å². The van der Waals surface area contributed by atoms with Crippen LogP contribution in [-0.4, -0.2) is 44.8 Å². The Hall–Kier alpha value is -3.21. The number of ether oxygens (including phenoxy) is 2. The number of rotatable bonds is 8. The number of nitrogens with zero attached hydrogens (tertiary/aromatic N) is 5. The number of para-hydroxylation sites is 1. The number of aromatic nitrogens is 5. The lowest BCUT2D eigenvalue weighted by Crippen LogP contribution is -2.21. The van der Waals surface area contributed by atoms with Crippen LogP contribution in [0.15, 0.2) is 41.7 Å². The van der Waals surface area contributed by atoms with Gasteiger partial charge in [0.15, 0.2) is 18.1 Å². The Morgan fingerprint density at radius 2 is 2.14 bits per heavy atom. The van der Waals surface area contributed by atoms with E-state index in [2.05, 4.69) is 25.8 Å². The number of hydrogen-bond donors (Lipinski definition) is 1. The van der Waals surface area contributed by atoms with Gasteiger partial charge in [-0.25, -0.2) is 9.07 Å². The lowest BCUT2D eigenvalue weighted by molar-refractivity contribution is -0.118. The average Bonchev–Trinajstić information content (AvgIpc) is 3.11. The zero-order valence-corrected chi connectivity index (χ0v) is 15.9. The van der Waals surface area contributed by atoms with E-state index in [0.717, 1.165) is 0 Å². The van der Waals surface area contributed by atoms with E-state index in [9.17, 15) is 9.18 Å². The summed E-state index contributed by atoms with van der Waals surface area (Å²) in [6.07, 6.45) is 1.51. The molecule has 1 N–H and O–H groups in total. The summed E-state index contributed by atoms with van der Waals surface area (Å²) < 4.78 is 25.9. The number of tetrazole rings is 1. The summed E-state index contributed by atoms with van der Waals surface area (Å²) in [5, 5.41) is 14.3. The van der Waals surface area contributed by atoms with Gasteiger partial charge in [0.05, 0.1) is 24.7 Å². The predicted octanol–water partition coefficient (Wildman–Crippen LogP) is 2.06. The fourth-order valence-electron chi connectivity index (χ4n) is 2.18. The number of benzene rings is 1. The fourth-order valence-corrected chi connectivity index (χ4v) is 2.94. The molecule has 3 rings (SSSR count). The average molecular weight is 404 g/mol. The lowest BCUT2D eigenvalue weighted by atomic mass is 10.3. The SMILES string of the molecule is COc1cnc(CSc2nnnn2C)cc1OCC(=O)Nc1ccccc1F. The number of halogens is 1. The third kappa shape index (κ3) is 4.94. The van der Waals surface area contributed by atoms with Gasteiger partial charge in [-0.1, -0.05) is 23.9 Å². The predicted molar refractivity (Wildman–Crippen MR) is 99.7 cm³/mol. The molecule has 0 atom stereocenters. The molecule has 2 aromatic heterocycles. The Bertz CT molecular complexity index is 968. The van der Waals surface area contributed by atoms with Crippen molar-refractivity contribution in [1.29, 1.82) is 0 Å². The monoisotopic (exact) mass is 404 g/mol. The van der Waals surface area contributed by atoms with Crippen LogP contribution in [-0.2, 0) is 17.6 Å². The van der Waals surface area contributed by atoms with Crippen LogP contribution in [0.5, 0.6) is 11.5 Å². The second-order valence-corrected chi connectivity index (χ2v) is 6.46. The number of amides is 1. The zero-order valence-electron chi connectivity index (χ0n) is 15.1. The molecule has 0 aliphatic rings. The van der Waals surface area contributed by atoms with Gasteiger partial charge in [-0.2, -0.15) is 0 Å². The molecule has 0 spiro atoms. The minimum atomic E-state index is -0.519. The summed E-state index contributed by atoms with van der Waals surface area (Å²) >= 11 is 1.40. The Morgan fingerprint density at radius 1 is 1.32 bits per heavy atom. The third-order valence-electron chi connectivity index (χ3n) is 3.55. The number of nitrogens with one attached hydrogen (secondary N) is 1. The first-order valence-corrected chi connectivity index (χ1v) is 9.10. The van der Waals surface area contributed by atoms with Crippen LogP contribution in [0, 0.1) is 5.82 Å². The molecule has 0 fully saturated rings. The van der Waals surface area contributed by atoms with E-state index in [1.54, 1.807) is 29.9 Å². The minimum absolute atomic E-state index is 0.0900. The van der Waals surface area contributed by atoms with Crippen molar-refractivity contribution >= 4 is 23.4 Å². The minimum Gasteiger partial charge on any atom is -0.491 e. The second kappa shape index (κ2) is 9.13. The summed E-state index contributed by atoms with van der Waals surface area (Å²) in [5.74, 6) is 0.219. The van der Waals surface area contributed by atoms with Gasteiger partial charge in [-0.15, -0.1) is 5.10 Å². The van der Waals surface area contributed by atoms with Crippen molar-refractivity contribution in [2.24, 2.45) is 7.05 Å². The highest BCUT2D eigenvalue weighted by Crippen LogP contribution is 2.29. The first kappa shape index (κ1) is 19.5. The maximum Gasteiger partial charge on any atom is 0.262 e. The van der Waals surface area contributed by atoms with Gasteiger partial charge < -0.3 is 14.8 Å². The van der Waals surface area contributed by atoms with Crippen molar-refractivity contribution in [2.45, 2.75) is 10.9 Å². The molecule has 2 heterocycles. The quantitative estimate of drug-likeness (QED) is 0.569. The van der Waals surface area contributed by atoms with E-state index in [1.807, 2.05) is 0 Å². The molecule has 11 heteroatoms. The van der Waals surface area contributed by atoms with Crippen molar-refractivity contribution in [2.75, 3.05) is 19.0 Å². The summed E-state index contributed by atoms with van der Waals surface area (Å²) in [5.41, 5.74) is 0.783. The highest BCUT2D eigenvalue weighted by molar-refractivity contribution is 7.98. The smallest absolute Gasteiger partial charge is 0.262 e. The van der Waals surface area contributed by atoms with E-state index in [4.69, 9.17) is 9.47 Å². The van der Waals surface area contributed by atoms with Gasteiger partial charge >= 0.3 is 0 Å². The van der Waals surface area contributed by atoms with Crippen molar-refractivity contribution < 1.29 is 18.7 Å². The van der Waals surface area contributed by atoms with Crippen LogP contribution < -0.4 is 14.8 Å². The Balaban J connectivity index is 1.62. The number of pyridine rings is 1. The molecule has 3 aromatic rings. The van der Waals surface area contributed by atoms with Crippen LogP contribution in [0.3, 0.4) is 0 Å². The third-order valence-corrected chi connectivity index (χ3v) is 4.59. The molecule has 0 saturated heterocycles. The first-order valence-electron chi connectivity index (χ1n) is 8.12. The zero-order chi connectivity index (χ0) is 19.9. The summed E-state index contributed by atoms with van der Waals surface area (Å²) in [6, 6.07) is 7.57. The number of carbonyl (C=O) groups is 1. The number of aryl methyl sites for hydroxylation is 1. The molecular formula is C17H17FN6O3S.